The maximum atomic E-state index is 13.6. The Hall–Kier alpha value is -3.45. The first kappa shape index (κ1) is 31.1. The molecule has 0 aliphatic rings. The van der Waals surface area contributed by atoms with Crippen LogP contribution in [0.3, 0.4) is 0 Å². The number of nitrogens with one attached hydrogen (secondary N) is 1. The molecule has 0 saturated carbocycles. The molecule has 3 aromatic carbocycles. The minimum atomic E-state index is -4.72. The van der Waals surface area contributed by atoms with Crippen LogP contribution in [0.4, 0.5) is 23.2 Å². The van der Waals surface area contributed by atoms with E-state index in [1.54, 1.807) is 23.9 Å². The molecule has 216 valence electrons. The summed E-state index contributed by atoms with van der Waals surface area (Å²) in [6.07, 6.45) is -4.16. The number of carbonyl (C=O) groups excluding carboxylic acids is 1. The molecule has 0 aliphatic carbocycles. The summed E-state index contributed by atoms with van der Waals surface area (Å²) in [6.45, 7) is -0.525. The van der Waals surface area contributed by atoms with Gasteiger partial charge in [0, 0.05) is 18.4 Å². The summed E-state index contributed by atoms with van der Waals surface area (Å²) in [5, 5.41) is 2.62. The van der Waals surface area contributed by atoms with Crippen LogP contribution in [0.15, 0.2) is 71.6 Å². The van der Waals surface area contributed by atoms with Crippen LogP contribution in [0.1, 0.15) is 17.5 Å². The van der Waals surface area contributed by atoms with Crippen LogP contribution in [-0.4, -0.2) is 47.4 Å². The molecule has 1 N–H and O–H groups in total. The fourth-order valence-corrected chi connectivity index (χ4v) is 5.97. The van der Waals surface area contributed by atoms with Gasteiger partial charge in [0.2, 0.25) is 5.91 Å². The minimum absolute atomic E-state index is 0.0927. The predicted octanol–water partition coefficient (Wildman–Crippen LogP) is 5.50. The monoisotopic (exact) mass is 600 g/mol. The van der Waals surface area contributed by atoms with Crippen molar-refractivity contribution in [1.29, 1.82) is 0 Å². The third-order valence-electron chi connectivity index (χ3n) is 5.66. The van der Waals surface area contributed by atoms with Gasteiger partial charge in [-0.1, -0.05) is 18.2 Å². The summed E-state index contributed by atoms with van der Waals surface area (Å²) < 4.78 is 91.3. The smallest absolute Gasteiger partial charge is 0.416 e. The van der Waals surface area contributed by atoms with E-state index in [1.807, 2.05) is 0 Å². The Balaban J connectivity index is 1.74. The number of nitrogens with zero attached hydrogens (tertiary/aromatic N) is 1. The summed E-state index contributed by atoms with van der Waals surface area (Å²) in [6, 6.07) is 13.6. The molecule has 13 heteroatoms. The summed E-state index contributed by atoms with van der Waals surface area (Å²) in [5.74, 6) is 0.658. The van der Waals surface area contributed by atoms with Crippen molar-refractivity contribution in [3.05, 3.63) is 83.7 Å². The normalized spacial score (nSPS) is 11.7. The second kappa shape index (κ2) is 13.8. The summed E-state index contributed by atoms with van der Waals surface area (Å²) in [7, 11) is -1.83. The lowest BCUT2D eigenvalue weighted by Gasteiger charge is -2.25. The van der Waals surface area contributed by atoms with Crippen molar-refractivity contribution in [3.8, 4) is 11.5 Å². The van der Waals surface area contributed by atoms with Gasteiger partial charge in [-0.15, -0.1) is 0 Å². The van der Waals surface area contributed by atoms with E-state index in [1.165, 1.54) is 50.6 Å². The fourth-order valence-electron chi connectivity index (χ4n) is 3.62. The van der Waals surface area contributed by atoms with Gasteiger partial charge < -0.3 is 14.8 Å². The molecule has 7 nitrogen and oxygen atoms in total. The number of carbonyl (C=O) groups is 1. The number of hydrogen-bond donors (Lipinski definition) is 1. The quantitative estimate of drug-likeness (QED) is 0.206. The average molecular weight is 601 g/mol. The van der Waals surface area contributed by atoms with Crippen LogP contribution in [-0.2, 0) is 26.7 Å². The van der Waals surface area contributed by atoms with Crippen molar-refractivity contribution in [2.75, 3.05) is 37.4 Å². The van der Waals surface area contributed by atoms with Crippen LogP contribution in [0.25, 0.3) is 0 Å². The number of hydrogen-bond acceptors (Lipinski definition) is 6. The van der Waals surface area contributed by atoms with Gasteiger partial charge >= 0.3 is 6.18 Å². The number of alkyl halides is 3. The molecule has 0 aromatic heterocycles. The number of rotatable bonds is 13. The first-order valence-electron chi connectivity index (χ1n) is 12.0. The van der Waals surface area contributed by atoms with E-state index in [-0.39, 0.29) is 34.4 Å². The second-order valence-electron chi connectivity index (χ2n) is 8.46. The van der Waals surface area contributed by atoms with Gasteiger partial charge in [0.25, 0.3) is 10.0 Å². The minimum Gasteiger partial charge on any atom is -0.493 e. The highest BCUT2D eigenvalue weighted by Crippen LogP contribution is 2.35. The number of benzene rings is 3. The van der Waals surface area contributed by atoms with Gasteiger partial charge in [-0.3, -0.25) is 9.10 Å². The molecule has 1 amide bonds. The van der Waals surface area contributed by atoms with Gasteiger partial charge in [0.05, 0.1) is 30.4 Å². The van der Waals surface area contributed by atoms with Gasteiger partial charge in [-0.25, -0.2) is 12.8 Å². The van der Waals surface area contributed by atoms with E-state index < -0.39 is 34.2 Å². The summed E-state index contributed by atoms with van der Waals surface area (Å²) in [4.78, 5) is 12.5. The molecule has 3 aromatic rings. The lowest BCUT2D eigenvalue weighted by atomic mass is 10.2. The Bertz CT molecular complexity index is 1400. The van der Waals surface area contributed by atoms with E-state index in [4.69, 9.17) is 9.47 Å². The molecule has 3 rings (SSSR count). The maximum Gasteiger partial charge on any atom is 0.416 e. The molecule has 0 saturated heterocycles. The van der Waals surface area contributed by atoms with E-state index in [9.17, 15) is 30.8 Å². The van der Waals surface area contributed by atoms with Crippen molar-refractivity contribution in [2.45, 2.75) is 23.2 Å². The zero-order valence-corrected chi connectivity index (χ0v) is 23.3. The van der Waals surface area contributed by atoms with Gasteiger partial charge in [-0.05, 0) is 60.2 Å². The van der Waals surface area contributed by atoms with E-state index in [0.29, 0.717) is 28.3 Å². The number of methoxy groups -OCH3 is 2. The van der Waals surface area contributed by atoms with Gasteiger partial charge in [-0.2, -0.15) is 24.9 Å². The Kier molecular flexibility index (Phi) is 10.7. The summed E-state index contributed by atoms with van der Waals surface area (Å²) in [5.41, 5.74) is -0.432. The SMILES string of the molecule is COc1ccc(S(=O)(=O)N(CC(=O)NCCCSCc2ccc(F)cc2)c2cccc(C(F)(F)F)c2)cc1OC. The van der Waals surface area contributed by atoms with Crippen molar-refractivity contribution < 1.29 is 40.2 Å². The molecular formula is C27H28F4N2O5S2. The molecule has 0 bridgehead atoms. The molecule has 0 fully saturated rings. The van der Waals surface area contributed by atoms with Crippen molar-refractivity contribution >= 4 is 33.4 Å². The van der Waals surface area contributed by atoms with Crippen molar-refractivity contribution in [3.63, 3.8) is 0 Å². The van der Waals surface area contributed by atoms with Crippen molar-refractivity contribution in [2.24, 2.45) is 0 Å². The van der Waals surface area contributed by atoms with Crippen LogP contribution >= 0.6 is 11.8 Å². The Labute approximate surface area is 234 Å². The maximum absolute atomic E-state index is 13.6. The standard InChI is InChI=1S/C27H28F4N2O5S2/c1-37-24-12-11-23(16-25(24)38-2)40(35,36)33(22-6-3-5-20(15-22)27(29,30)31)17-26(34)32-13-4-14-39-18-19-7-9-21(28)10-8-19/h3,5-12,15-16H,4,13-14,17-18H2,1-2H3,(H,32,34). The molecule has 0 atom stereocenters. The highest BCUT2D eigenvalue weighted by molar-refractivity contribution is 7.98. The van der Waals surface area contributed by atoms with Crippen LogP contribution in [0, 0.1) is 5.82 Å². The first-order chi connectivity index (χ1) is 19.0. The van der Waals surface area contributed by atoms with Gasteiger partial charge in [0.15, 0.2) is 11.5 Å². The van der Waals surface area contributed by atoms with Gasteiger partial charge in [0.1, 0.15) is 12.4 Å². The number of sulfonamides is 1. The highest BCUT2D eigenvalue weighted by Gasteiger charge is 2.33. The zero-order valence-electron chi connectivity index (χ0n) is 21.7. The Morgan fingerprint density at radius 3 is 2.33 bits per heavy atom. The lowest BCUT2D eigenvalue weighted by Crippen LogP contribution is -2.41. The van der Waals surface area contributed by atoms with Crippen LogP contribution < -0.4 is 19.1 Å². The first-order valence-corrected chi connectivity index (χ1v) is 14.6. The number of anilines is 1. The summed E-state index contributed by atoms with van der Waals surface area (Å²) >= 11 is 1.58. The highest BCUT2D eigenvalue weighted by atomic mass is 32.2. The zero-order chi connectivity index (χ0) is 29.3. The van der Waals surface area contributed by atoms with Crippen LogP contribution in [0.5, 0.6) is 11.5 Å². The number of ether oxygens (including phenoxy) is 2. The third-order valence-corrected chi connectivity index (χ3v) is 8.55. The largest absolute Gasteiger partial charge is 0.493 e. The number of amides is 1. The fraction of sp³-hybridized carbons (Fsp3) is 0.296. The molecule has 40 heavy (non-hydrogen) atoms. The third kappa shape index (κ3) is 8.28. The second-order valence-corrected chi connectivity index (χ2v) is 11.4. The topological polar surface area (TPSA) is 84.9 Å². The van der Waals surface area contributed by atoms with E-state index in [0.717, 1.165) is 17.7 Å². The molecule has 0 heterocycles. The predicted molar refractivity (Wildman–Crippen MR) is 146 cm³/mol. The average Bonchev–Trinajstić information content (AvgIpc) is 2.93. The molecule has 0 unspecified atom stereocenters. The van der Waals surface area contributed by atoms with Crippen molar-refractivity contribution in [1.82, 2.24) is 5.32 Å². The van der Waals surface area contributed by atoms with E-state index in [2.05, 4.69) is 5.32 Å². The number of thioether (sulfide) groups is 1. The molecular weight excluding hydrogens is 572 g/mol. The number of halogens is 4. The molecule has 0 aliphatic heterocycles. The Morgan fingerprint density at radius 1 is 0.975 bits per heavy atom. The van der Waals surface area contributed by atoms with E-state index >= 15 is 0 Å². The lowest BCUT2D eigenvalue weighted by molar-refractivity contribution is -0.137. The van der Waals surface area contributed by atoms with Crippen LogP contribution in [0.2, 0.25) is 0 Å². The Morgan fingerprint density at radius 2 is 1.68 bits per heavy atom. The molecule has 0 radical (unpaired) electrons. The molecule has 0 spiro atoms.